The third kappa shape index (κ3) is 6.30. The molecule has 0 radical (unpaired) electrons. The molecule has 0 spiro atoms. The van der Waals surface area contributed by atoms with Crippen molar-refractivity contribution in [2.45, 2.75) is 80.5 Å². The van der Waals surface area contributed by atoms with Gasteiger partial charge in [0.25, 0.3) is 10.1 Å². The van der Waals surface area contributed by atoms with Crippen molar-refractivity contribution in [3.63, 3.8) is 0 Å². The average molecular weight is 613 g/mol. The number of nitrogens with two attached hydrogens (primary N) is 1. The molecule has 1 aliphatic carbocycles. The minimum Gasteiger partial charge on any atom is -0.464 e. The van der Waals surface area contributed by atoms with Gasteiger partial charge in [0.1, 0.15) is 11.6 Å². The highest BCUT2D eigenvalue weighted by atomic mass is 79.9. The number of carbonyl (C=O) groups is 3. The predicted octanol–water partition coefficient (Wildman–Crippen LogP) is 2.41. The molecule has 2 amide bonds. The van der Waals surface area contributed by atoms with Crippen molar-refractivity contribution >= 4 is 43.8 Å². The molecular weight excluding hydrogens is 578 g/mol. The summed E-state index contributed by atoms with van der Waals surface area (Å²) in [5.41, 5.74) is 5.01. The van der Waals surface area contributed by atoms with Gasteiger partial charge in [0.05, 0.1) is 23.6 Å². The Labute approximate surface area is 231 Å². The van der Waals surface area contributed by atoms with Gasteiger partial charge in [-0.05, 0) is 56.9 Å². The Hall–Kier alpha value is -2.28. The van der Waals surface area contributed by atoms with Crippen LogP contribution in [0.5, 0.6) is 0 Å². The number of ether oxygens (including phenoxy) is 1. The number of allylic oxidation sites excluding steroid dienone is 1. The SMILES string of the molecule is CCOC(=O)[C@@]12C[C@H]1/C=C\CCCCC[C@H](N)C(=O)N1C[C@@H](OS(=O)(=O)c3ccc(Br)cc3)C[C@H]1C(=O)N2. The van der Waals surface area contributed by atoms with Crippen molar-refractivity contribution < 1.29 is 31.7 Å². The second-order valence-corrected chi connectivity index (χ2v) is 12.5. The summed E-state index contributed by atoms with van der Waals surface area (Å²) in [6.07, 6.45) is 7.17. The van der Waals surface area contributed by atoms with Gasteiger partial charge in [0.2, 0.25) is 11.8 Å². The van der Waals surface area contributed by atoms with Crippen molar-refractivity contribution in [3.05, 3.63) is 40.9 Å². The Bertz CT molecular complexity index is 1190. The Morgan fingerprint density at radius 2 is 1.95 bits per heavy atom. The van der Waals surface area contributed by atoms with E-state index in [0.29, 0.717) is 17.3 Å². The molecule has 1 aromatic carbocycles. The molecule has 1 aromatic rings. The van der Waals surface area contributed by atoms with E-state index in [1.807, 2.05) is 12.2 Å². The van der Waals surface area contributed by atoms with Crippen LogP contribution in [0.1, 0.15) is 51.9 Å². The lowest BCUT2D eigenvalue weighted by Gasteiger charge is -2.28. The van der Waals surface area contributed by atoms with Gasteiger partial charge in [0, 0.05) is 23.4 Å². The van der Waals surface area contributed by atoms with Gasteiger partial charge in [-0.1, -0.05) is 40.9 Å². The van der Waals surface area contributed by atoms with Crippen LogP contribution in [-0.4, -0.2) is 68.0 Å². The van der Waals surface area contributed by atoms with Gasteiger partial charge in [-0.15, -0.1) is 0 Å². The van der Waals surface area contributed by atoms with Gasteiger partial charge in [-0.3, -0.25) is 13.8 Å². The fourth-order valence-electron chi connectivity index (χ4n) is 5.11. The van der Waals surface area contributed by atoms with E-state index in [4.69, 9.17) is 14.7 Å². The third-order valence-corrected chi connectivity index (χ3v) is 9.19. The highest BCUT2D eigenvalue weighted by molar-refractivity contribution is 9.10. The summed E-state index contributed by atoms with van der Waals surface area (Å²) < 4.78 is 37.3. The summed E-state index contributed by atoms with van der Waals surface area (Å²) in [6, 6.07) is 4.11. The number of carbonyl (C=O) groups excluding carboxylic acids is 3. The van der Waals surface area contributed by atoms with Crippen LogP contribution >= 0.6 is 15.9 Å². The maximum absolute atomic E-state index is 13.6. The van der Waals surface area contributed by atoms with Crippen molar-refractivity contribution in [1.82, 2.24) is 10.2 Å². The Kier molecular flexibility index (Phi) is 8.96. The zero-order chi connectivity index (χ0) is 27.5. The largest absolute Gasteiger partial charge is 0.464 e. The van der Waals surface area contributed by atoms with Gasteiger partial charge in [-0.2, -0.15) is 8.42 Å². The summed E-state index contributed by atoms with van der Waals surface area (Å²) in [7, 11) is -4.15. The minimum atomic E-state index is -4.15. The zero-order valence-corrected chi connectivity index (χ0v) is 23.7. The molecule has 2 aliphatic heterocycles. The van der Waals surface area contributed by atoms with Crippen LogP contribution < -0.4 is 11.1 Å². The fraction of sp³-hybridized carbons (Fsp3) is 0.577. The quantitative estimate of drug-likeness (QED) is 0.293. The first-order chi connectivity index (χ1) is 18.1. The molecule has 0 bridgehead atoms. The smallest absolute Gasteiger partial charge is 0.332 e. The van der Waals surface area contributed by atoms with Crippen LogP contribution in [0.25, 0.3) is 0 Å². The predicted molar refractivity (Wildman–Crippen MR) is 142 cm³/mol. The number of amides is 2. The lowest BCUT2D eigenvalue weighted by Crippen LogP contribution is -2.55. The second kappa shape index (κ2) is 11.8. The Morgan fingerprint density at radius 1 is 1.21 bits per heavy atom. The van der Waals surface area contributed by atoms with Gasteiger partial charge in [-0.25, -0.2) is 4.79 Å². The number of nitrogens with one attached hydrogen (secondary N) is 1. The molecule has 12 heteroatoms. The molecule has 5 atom stereocenters. The topological polar surface area (TPSA) is 145 Å². The molecule has 3 N–H and O–H groups in total. The Morgan fingerprint density at radius 3 is 2.66 bits per heavy atom. The first-order valence-electron chi connectivity index (χ1n) is 13.0. The number of esters is 1. The van der Waals surface area contributed by atoms with Crippen LogP contribution in [0.3, 0.4) is 0 Å². The number of hydrogen-bond acceptors (Lipinski definition) is 8. The van der Waals surface area contributed by atoms with E-state index < -0.39 is 51.6 Å². The number of rotatable bonds is 5. The van der Waals surface area contributed by atoms with E-state index in [0.717, 1.165) is 25.7 Å². The van der Waals surface area contributed by atoms with E-state index in [1.54, 1.807) is 19.1 Å². The summed E-state index contributed by atoms with van der Waals surface area (Å²) >= 11 is 3.27. The standard InChI is InChI=1S/C26H34BrN3O7S/c1-2-36-25(33)26-15-17(26)8-6-4-3-5-7-9-21(28)24(32)30-16-19(14-22(30)23(31)29-26)37-38(34,35)20-12-10-18(27)11-13-20/h6,8,10-13,17,19,21-22H,2-5,7,9,14-16,28H2,1H3,(H,29,31)/b8-6-/t17-,19+,21+,22+,26-/m1/s1. The van der Waals surface area contributed by atoms with Crippen LogP contribution in [-0.2, 0) is 33.4 Å². The molecule has 38 heavy (non-hydrogen) atoms. The molecule has 0 unspecified atom stereocenters. The number of halogens is 1. The lowest BCUT2D eigenvalue weighted by molar-refractivity contribution is -0.150. The molecule has 2 fully saturated rings. The molecule has 2 heterocycles. The zero-order valence-electron chi connectivity index (χ0n) is 21.3. The summed E-state index contributed by atoms with van der Waals surface area (Å²) in [4.78, 5) is 41.0. The first-order valence-corrected chi connectivity index (χ1v) is 15.2. The number of benzene rings is 1. The molecule has 4 rings (SSSR count). The van der Waals surface area contributed by atoms with E-state index in [9.17, 15) is 22.8 Å². The summed E-state index contributed by atoms with van der Waals surface area (Å²) in [5, 5.41) is 2.84. The van der Waals surface area contributed by atoms with Crippen molar-refractivity contribution in [3.8, 4) is 0 Å². The second-order valence-electron chi connectivity index (χ2n) is 10.0. The molecule has 0 aromatic heterocycles. The van der Waals surface area contributed by atoms with Crippen LogP contribution in [0.4, 0.5) is 0 Å². The van der Waals surface area contributed by atoms with Gasteiger partial charge >= 0.3 is 5.97 Å². The number of nitrogens with zero attached hydrogens (tertiary/aromatic N) is 1. The van der Waals surface area contributed by atoms with Gasteiger partial charge in [0.15, 0.2) is 0 Å². The van der Waals surface area contributed by atoms with Crippen molar-refractivity contribution in [1.29, 1.82) is 0 Å². The molecular formula is C26H34BrN3O7S. The number of hydrogen-bond donors (Lipinski definition) is 2. The lowest BCUT2D eigenvalue weighted by atomic mass is 10.1. The summed E-state index contributed by atoms with van der Waals surface area (Å²) in [6.45, 7) is 1.75. The fourth-order valence-corrected chi connectivity index (χ4v) is 6.45. The van der Waals surface area contributed by atoms with E-state index in [-0.39, 0.29) is 30.4 Å². The van der Waals surface area contributed by atoms with E-state index >= 15 is 0 Å². The van der Waals surface area contributed by atoms with E-state index in [2.05, 4.69) is 21.2 Å². The molecule has 208 valence electrons. The Balaban J connectivity index is 1.59. The molecule has 3 aliphatic rings. The van der Waals surface area contributed by atoms with Crippen LogP contribution in [0.2, 0.25) is 0 Å². The van der Waals surface area contributed by atoms with Crippen molar-refractivity contribution in [2.24, 2.45) is 11.7 Å². The van der Waals surface area contributed by atoms with E-state index in [1.165, 1.54) is 17.0 Å². The molecule has 1 saturated carbocycles. The van der Waals surface area contributed by atoms with Crippen molar-refractivity contribution in [2.75, 3.05) is 13.2 Å². The van der Waals surface area contributed by atoms with Crippen LogP contribution in [0.15, 0.2) is 45.8 Å². The normalized spacial score (nSPS) is 31.3. The highest BCUT2D eigenvalue weighted by Gasteiger charge is 2.62. The first kappa shape index (κ1) is 28.7. The maximum Gasteiger partial charge on any atom is 0.332 e. The summed E-state index contributed by atoms with van der Waals surface area (Å²) in [5.74, 6) is -1.74. The molecule has 10 nitrogen and oxygen atoms in total. The average Bonchev–Trinajstić information content (AvgIpc) is 3.41. The van der Waals surface area contributed by atoms with Gasteiger partial charge < -0.3 is 20.7 Å². The molecule has 1 saturated heterocycles. The maximum atomic E-state index is 13.6. The third-order valence-electron chi connectivity index (χ3n) is 7.29. The minimum absolute atomic E-state index is 0.0356. The number of fused-ring (bicyclic) bond motifs is 2. The monoisotopic (exact) mass is 611 g/mol. The van der Waals surface area contributed by atoms with Crippen LogP contribution in [0, 0.1) is 5.92 Å². The highest BCUT2D eigenvalue weighted by Crippen LogP contribution is 2.46.